The van der Waals surface area contributed by atoms with E-state index in [0.29, 0.717) is 24.4 Å². The maximum atomic E-state index is 12.4. The van der Waals surface area contributed by atoms with Gasteiger partial charge in [0, 0.05) is 6.54 Å². The molecule has 2 N–H and O–H groups in total. The van der Waals surface area contributed by atoms with Crippen LogP contribution in [0.5, 0.6) is 5.75 Å². The zero-order valence-electron chi connectivity index (χ0n) is 13.0. The van der Waals surface area contributed by atoms with Crippen molar-refractivity contribution in [2.45, 2.75) is 17.7 Å². The van der Waals surface area contributed by atoms with Crippen molar-refractivity contribution in [2.75, 3.05) is 18.5 Å². The lowest BCUT2D eigenvalue weighted by atomic mass is 10.2. The molecule has 0 radical (unpaired) electrons. The molecule has 3 rings (SSSR count). The molecule has 1 aliphatic heterocycles. The van der Waals surface area contributed by atoms with E-state index in [1.165, 1.54) is 12.1 Å². The Hall–Kier alpha value is -2.38. The first-order valence-corrected chi connectivity index (χ1v) is 9.13. The molecule has 126 valence electrons. The summed E-state index contributed by atoms with van der Waals surface area (Å²) >= 11 is 0. The van der Waals surface area contributed by atoms with Crippen LogP contribution in [0.25, 0.3) is 0 Å². The van der Waals surface area contributed by atoms with Gasteiger partial charge in [-0.05, 0) is 30.2 Å². The van der Waals surface area contributed by atoms with Gasteiger partial charge in [-0.15, -0.1) is 0 Å². The summed E-state index contributed by atoms with van der Waals surface area (Å²) in [7, 11) is -3.65. The van der Waals surface area contributed by atoms with Crippen LogP contribution in [0, 0.1) is 0 Å². The highest BCUT2D eigenvalue weighted by Crippen LogP contribution is 2.29. The zero-order valence-corrected chi connectivity index (χ0v) is 13.8. The van der Waals surface area contributed by atoms with Gasteiger partial charge < -0.3 is 10.1 Å². The van der Waals surface area contributed by atoms with E-state index < -0.39 is 10.0 Å². The average molecular weight is 346 g/mol. The highest BCUT2D eigenvalue weighted by Gasteiger charge is 2.19. The number of amides is 1. The summed E-state index contributed by atoms with van der Waals surface area (Å²) < 4.78 is 32.8. The highest BCUT2D eigenvalue weighted by atomic mass is 32.2. The Balaban J connectivity index is 1.71. The van der Waals surface area contributed by atoms with Crippen LogP contribution in [0.1, 0.15) is 12.0 Å². The number of sulfonamides is 1. The molecule has 2 aromatic carbocycles. The van der Waals surface area contributed by atoms with E-state index in [2.05, 4.69) is 10.0 Å². The van der Waals surface area contributed by atoms with E-state index in [-0.39, 0.29) is 23.8 Å². The summed E-state index contributed by atoms with van der Waals surface area (Å²) in [6.07, 6.45) is 0.844. The van der Waals surface area contributed by atoms with Crippen LogP contribution in [0.3, 0.4) is 0 Å². The molecule has 6 nitrogen and oxygen atoms in total. The number of anilines is 1. The molecule has 0 fully saturated rings. The summed E-state index contributed by atoms with van der Waals surface area (Å²) in [5.74, 6) is 0.282. The van der Waals surface area contributed by atoms with Crippen molar-refractivity contribution in [3.63, 3.8) is 0 Å². The van der Waals surface area contributed by atoms with E-state index in [4.69, 9.17) is 4.74 Å². The van der Waals surface area contributed by atoms with Gasteiger partial charge in [-0.1, -0.05) is 30.3 Å². The minimum atomic E-state index is -3.65. The second-order valence-electron chi connectivity index (χ2n) is 5.44. The fraction of sp³-hybridized carbons (Fsp3) is 0.235. The lowest BCUT2D eigenvalue weighted by molar-refractivity contribution is -0.116. The van der Waals surface area contributed by atoms with Crippen molar-refractivity contribution in [3.05, 3.63) is 54.1 Å². The quantitative estimate of drug-likeness (QED) is 0.866. The normalized spacial score (nSPS) is 14.2. The van der Waals surface area contributed by atoms with Crippen LogP contribution in [0.15, 0.2) is 53.4 Å². The Morgan fingerprint density at radius 1 is 1.12 bits per heavy atom. The first kappa shape index (κ1) is 16.5. The van der Waals surface area contributed by atoms with Gasteiger partial charge in [-0.3, -0.25) is 4.79 Å². The minimum Gasteiger partial charge on any atom is -0.491 e. The number of carbonyl (C=O) groups is 1. The second kappa shape index (κ2) is 7.02. The predicted octanol–water partition coefficient (Wildman–Crippen LogP) is 1.93. The highest BCUT2D eigenvalue weighted by molar-refractivity contribution is 7.89. The lowest BCUT2D eigenvalue weighted by Crippen LogP contribution is -2.26. The molecule has 0 aromatic heterocycles. The first-order chi connectivity index (χ1) is 11.5. The van der Waals surface area contributed by atoms with Crippen LogP contribution in [0.4, 0.5) is 5.69 Å². The Kier molecular flexibility index (Phi) is 4.82. The van der Waals surface area contributed by atoms with Crippen LogP contribution in [-0.2, 0) is 21.2 Å². The van der Waals surface area contributed by atoms with Gasteiger partial charge in [-0.25, -0.2) is 13.1 Å². The zero-order chi connectivity index (χ0) is 17.0. The van der Waals surface area contributed by atoms with Crippen molar-refractivity contribution in [1.82, 2.24) is 4.72 Å². The third-order valence-corrected chi connectivity index (χ3v) is 5.13. The number of hydrogen-bond donors (Lipinski definition) is 2. The molecule has 0 bridgehead atoms. The summed E-state index contributed by atoms with van der Waals surface area (Å²) in [4.78, 5) is 11.7. The van der Waals surface area contributed by atoms with Gasteiger partial charge in [0.05, 0.1) is 23.6 Å². The number of rotatable bonds is 5. The largest absolute Gasteiger partial charge is 0.491 e. The molecule has 0 spiro atoms. The number of ether oxygens (including phenoxy) is 1. The van der Waals surface area contributed by atoms with Crippen molar-refractivity contribution in [3.8, 4) is 5.75 Å². The fourth-order valence-electron chi connectivity index (χ4n) is 2.42. The van der Waals surface area contributed by atoms with Crippen molar-refractivity contribution in [2.24, 2.45) is 0 Å². The molecule has 1 aliphatic rings. The molecular formula is C17H18N2O4S. The minimum absolute atomic E-state index is 0.0973. The van der Waals surface area contributed by atoms with Crippen molar-refractivity contribution >= 4 is 21.6 Å². The van der Waals surface area contributed by atoms with Gasteiger partial charge >= 0.3 is 0 Å². The maximum absolute atomic E-state index is 12.4. The molecular weight excluding hydrogens is 328 g/mol. The smallest absolute Gasteiger partial charge is 0.240 e. The molecule has 24 heavy (non-hydrogen) atoms. The number of fused-ring (bicyclic) bond motifs is 1. The Morgan fingerprint density at radius 2 is 1.92 bits per heavy atom. The van der Waals surface area contributed by atoms with Crippen molar-refractivity contribution in [1.29, 1.82) is 0 Å². The molecule has 0 unspecified atom stereocenters. The van der Waals surface area contributed by atoms with Crippen LogP contribution in [-0.4, -0.2) is 27.5 Å². The molecule has 0 saturated heterocycles. The molecule has 0 aliphatic carbocycles. The Bertz CT molecular complexity index is 835. The number of benzene rings is 2. The standard InChI is InChI=1S/C17H18N2O4S/c20-17-9-11-23-16-7-6-14(12-15(16)19-17)24(21,22)18-10-8-13-4-2-1-3-5-13/h1-7,12,18H,8-11H2,(H,19,20). The van der Waals surface area contributed by atoms with E-state index in [9.17, 15) is 13.2 Å². The second-order valence-corrected chi connectivity index (χ2v) is 7.20. The monoisotopic (exact) mass is 346 g/mol. The molecule has 1 amide bonds. The molecule has 2 aromatic rings. The third-order valence-electron chi connectivity index (χ3n) is 3.67. The summed E-state index contributed by atoms with van der Waals surface area (Å²) in [6.45, 7) is 0.576. The fourth-order valence-corrected chi connectivity index (χ4v) is 3.48. The summed E-state index contributed by atoms with van der Waals surface area (Å²) in [5, 5.41) is 2.66. The van der Waals surface area contributed by atoms with Crippen LogP contribution < -0.4 is 14.8 Å². The average Bonchev–Trinajstić information content (AvgIpc) is 2.75. The van der Waals surface area contributed by atoms with E-state index in [1.807, 2.05) is 30.3 Å². The maximum Gasteiger partial charge on any atom is 0.240 e. The lowest BCUT2D eigenvalue weighted by Gasteiger charge is -2.11. The first-order valence-electron chi connectivity index (χ1n) is 7.65. The van der Waals surface area contributed by atoms with E-state index >= 15 is 0 Å². The van der Waals surface area contributed by atoms with Gasteiger partial charge in [0.2, 0.25) is 15.9 Å². The molecule has 0 saturated carbocycles. The molecule has 0 atom stereocenters. The van der Waals surface area contributed by atoms with Gasteiger partial charge in [0.15, 0.2) is 0 Å². The van der Waals surface area contributed by atoms with E-state index in [0.717, 1.165) is 5.56 Å². The van der Waals surface area contributed by atoms with Gasteiger partial charge in [0.1, 0.15) is 5.75 Å². The summed E-state index contributed by atoms with van der Waals surface area (Å²) in [6, 6.07) is 14.1. The number of nitrogens with one attached hydrogen (secondary N) is 2. The third kappa shape index (κ3) is 3.93. The topological polar surface area (TPSA) is 84.5 Å². The molecule has 1 heterocycles. The molecule has 7 heteroatoms. The Morgan fingerprint density at radius 3 is 2.71 bits per heavy atom. The Labute approximate surface area is 140 Å². The van der Waals surface area contributed by atoms with Gasteiger partial charge in [0.25, 0.3) is 0 Å². The predicted molar refractivity (Wildman–Crippen MR) is 90.5 cm³/mol. The van der Waals surface area contributed by atoms with Gasteiger partial charge in [-0.2, -0.15) is 0 Å². The van der Waals surface area contributed by atoms with Crippen molar-refractivity contribution < 1.29 is 17.9 Å². The SMILES string of the molecule is O=C1CCOc2ccc(S(=O)(=O)NCCc3ccccc3)cc2N1. The number of hydrogen-bond acceptors (Lipinski definition) is 4. The van der Waals surface area contributed by atoms with E-state index in [1.54, 1.807) is 6.07 Å². The number of carbonyl (C=O) groups excluding carboxylic acids is 1. The summed E-state index contributed by atoms with van der Waals surface area (Å²) in [5.41, 5.74) is 1.44. The van der Waals surface area contributed by atoms with Crippen LogP contribution in [0.2, 0.25) is 0 Å². The van der Waals surface area contributed by atoms with Crippen LogP contribution >= 0.6 is 0 Å².